The molecule has 0 saturated heterocycles. The molecule has 0 bridgehead atoms. The SMILES string of the molecule is COc1ccccc1-n1c(O)c(-c2nc3ccccc3o2)c(=O)n(-c2ccccc2OC)c1=S. The van der Waals surface area contributed by atoms with E-state index in [0.29, 0.717) is 34.0 Å². The molecule has 8 nitrogen and oxygen atoms in total. The van der Waals surface area contributed by atoms with Crippen molar-refractivity contribution in [1.29, 1.82) is 0 Å². The van der Waals surface area contributed by atoms with E-state index in [1.807, 2.05) is 6.07 Å². The van der Waals surface area contributed by atoms with Crippen molar-refractivity contribution in [3.8, 4) is 40.2 Å². The average molecular weight is 474 g/mol. The van der Waals surface area contributed by atoms with Crippen LogP contribution in [0.15, 0.2) is 82.0 Å². The lowest BCUT2D eigenvalue weighted by Crippen LogP contribution is -2.26. The van der Waals surface area contributed by atoms with Gasteiger partial charge in [0.05, 0.1) is 25.6 Å². The Hall–Kier alpha value is -4.37. The number of hydrogen-bond donors (Lipinski definition) is 1. The molecular weight excluding hydrogens is 454 g/mol. The van der Waals surface area contributed by atoms with Crippen LogP contribution < -0.4 is 15.0 Å². The Balaban J connectivity index is 1.94. The maximum atomic E-state index is 13.8. The zero-order chi connectivity index (χ0) is 23.8. The van der Waals surface area contributed by atoms with Crippen LogP contribution in [0.3, 0.4) is 0 Å². The molecule has 0 spiro atoms. The van der Waals surface area contributed by atoms with E-state index in [0.717, 1.165) is 0 Å². The molecule has 34 heavy (non-hydrogen) atoms. The van der Waals surface area contributed by atoms with E-state index in [1.54, 1.807) is 66.7 Å². The fourth-order valence-electron chi connectivity index (χ4n) is 3.82. The fraction of sp³-hybridized carbons (Fsp3) is 0.0800. The summed E-state index contributed by atoms with van der Waals surface area (Å²) in [5.41, 5.74) is 1.11. The minimum atomic E-state index is -0.607. The highest BCUT2D eigenvalue weighted by Gasteiger charge is 2.26. The van der Waals surface area contributed by atoms with Crippen molar-refractivity contribution in [1.82, 2.24) is 14.1 Å². The van der Waals surface area contributed by atoms with E-state index in [9.17, 15) is 9.90 Å². The molecule has 2 aromatic heterocycles. The zero-order valence-corrected chi connectivity index (χ0v) is 19.1. The summed E-state index contributed by atoms with van der Waals surface area (Å²) in [6.07, 6.45) is 0. The third kappa shape index (κ3) is 3.34. The van der Waals surface area contributed by atoms with Crippen molar-refractivity contribution in [3.63, 3.8) is 0 Å². The summed E-state index contributed by atoms with van der Waals surface area (Å²) in [5, 5.41) is 11.4. The Morgan fingerprint density at radius 2 is 1.41 bits per heavy atom. The number of benzene rings is 3. The van der Waals surface area contributed by atoms with Gasteiger partial charge in [0.1, 0.15) is 17.0 Å². The highest BCUT2D eigenvalue weighted by atomic mass is 32.1. The molecule has 5 rings (SSSR count). The Morgan fingerprint density at radius 1 is 0.853 bits per heavy atom. The molecule has 9 heteroatoms. The first-order valence-electron chi connectivity index (χ1n) is 10.3. The molecule has 2 heterocycles. The van der Waals surface area contributed by atoms with Gasteiger partial charge in [0.25, 0.3) is 5.56 Å². The number of oxazole rings is 1. The standard InChI is InChI=1S/C25H19N3O5S/c1-31-19-13-7-4-10-16(19)27-23(29)21(22-26-15-9-3-6-12-18(15)33-22)24(30)28(25(27)34)17-11-5-8-14-20(17)32-2/h3-14,29H,1-2H3. The van der Waals surface area contributed by atoms with Gasteiger partial charge in [0.2, 0.25) is 11.8 Å². The summed E-state index contributed by atoms with van der Waals surface area (Å²) in [4.78, 5) is 18.3. The Kier molecular flexibility index (Phi) is 5.39. The van der Waals surface area contributed by atoms with Crippen LogP contribution in [0, 0.1) is 4.77 Å². The number of hydrogen-bond acceptors (Lipinski definition) is 7. The highest BCUT2D eigenvalue weighted by molar-refractivity contribution is 7.71. The first-order valence-corrected chi connectivity index (χ1v) is 10.7. The largest absolute Gasteiger partial charge is 0.495 e. The van der Waals surface area contributed by atoms with Gasteiger partial charge in [-0.1, -0.05) is 36.4 Å². The van der Waals surface area contributed by atoms with E-state index in [-0.39, 0.29) is 16.2 Å². The van der Waals surface area contributed by atoms with Gasteiger partial charge in [0.15, 0.2) is 15.9 Å². The lowest BCUT2D eigenvalue weighted by atomic mass is 10.2. The van der Waals surface area contributed by atoms with Crippen LogP contribution in [0.2, 0.25) is 0 Å². The second kappa shape index (κ2) is 8.53. The second-order valence-electron chi connectivity index (χ2n) is 7.29. The van der Waals surface area contributed by atoms with Gasteiger partial charge in [-0.25, -0.2) is 9.55 Å². The molecule has 0 saturated carbocycles. The molecule has 0 aliphatic rings. The minimum absolute atomic E-state index is 0.0105. The first-order chi connectivity index (χ1) is 16.5. The summed E-state index contributed by atoms with van der Waals surface area (Å²) in [6, 6.07) is 21.1. The van der Waals surface area contributed by atoms with Crippen LogP contribution in [0.4, 0.5) is 0 Å². The molecular formula is C25H19N3O5S. The lowest BCUT2D eigenvalue weighted by Gasteiger charge is -2.19. The normalized spacial score (nSPS) is 11.0. The van der Waals surface area contributed by atoms with Gasteiger partial charge < -0.3 is 19.0 Å². The van der Waals surface area contributed by atoms with Crippen molar-refractivity contribution >= 4 is 23.3 Å². The molecule has 0 atom stereocenters. The number of methoxy groups -OCH3 is 2. The molecule has 0 amide bonds. The van der Waals surface area contributed by atoms with Gasteiger partial charge >= 0.3 is 0 Å². The van der Waals surface area contributed by atoms with Gasteiger partial charge in [-0.3, -0.25) is 9.36 Å². The Labute approximate surface area is 198 Å². The summed E-state index contributed by atoms with van der Waals surface area (Å²) in [6.45, 7) is 0. The Bertz CT molecular complexity index is 1620. The van der Waals surface area contributed by atoms with Gasteiger partial charge in [-0.2, -0.15) is 0 Å². The maximum Gasteiger partial charge on any atom is 0.275 e. The number of aromatic hydroxyl groups is 1. The molecule has 5 aromatic rings. The van der Waals surface area contributed by atoms with E-state index in [2.05, 4.69) is 4.98 Å². The molecule has 170 valence electrons. The smallest absolute Gasteiger partial charge is 0.275 e. The van der Waals surface area contributed by atoms with E-state index in [4.69, 9.17) is 26.1 Å². The van der Waals surface area contributed by atoms with Crippen molar-refractivity contribution in [2.75, 3.05) is 14.2 Å². The summed E-state index contributed by atoms with van der Waals surface area (Å²) in [5.74, 6) is 0.419. The van der Waals surface area contributed by atoms with Crippen molar-refractivity contribution in [3.05, 3.63) is 87.9 Å². The number of rotatable bonds is 5. The third-order valence-corrected chi connectivity index (χ3v) is 5.76. The number of ether oxygens (including phenoxy) is 2. The maximum absolute atomic E-state index is 13.8. The summed E-state index contributed by atoms with van der Waals surface area (Å²) < 4.78 is 19.5. The van der Waals surface area contributed by atoms with Crippen LogP contribution >= 0.6 is 12.2 Å². The molecule has 0 unspecified atom stereocenters. The minimum Gasteiger partial charge on any atom is -0.495 e. The highest BCUT2D eigenvalue weighted by Crippen LogP contribution is 2.34. The molecule has 3 aromatic carbocycles. The predicted molar refractivity (Wildman–Crippen MR) is 130 cm³/mol. The third-order valence-electron chi connectivity index (χ3n) is 5.39. The molecule has 0 aliphatic carbocycles. The summed E-state index contributed by atoms with van der Waals surface area (Å²) >= 11 is 5.72. The fourth-order valence-corrected chi connectivity index (χ4v) is 4.19. The Morgan fingerprint density at radius 3 is 2.03 bits per heavy atom. The number of para-hydroxylation sites is 6. The van der Waals surface area contributed by atoms with E-state index in [1.165, 1.54) is 23.4 Å². The monoisotopic (exact) mass is 473 g/mol. The van der Waals surface area contributed by atoms with E-state index >= 15 is 0 Å². The predicted octanol–water partition coefficient (Wildman–Crippen LogP) is 4.89. The molecule has 0 aliphatic heterocycles. The van der Waals surface area contributed by atoms with Gasteiger partial charge in [-0.15, -0.1) is 0 Å². The van der Waals surface area contributed by atoms with Crippen molar-refractivity contribution in [2.24, 2.45) is 0 Å². The molecule has 0 fully saturated rings. The van der Waals surface area contributed by atoms with Crippen molar-refractivity contribution < 1.29 is 19.0 Å². The lowest BCUT2D eigenvalue weighted by molar-refractivity contribution is 0.400. The molecule has 0 radical (unpaired) electrons. The van der Waals surface area contributed by atoms with Gasteiger partial charge in [0, 0.05) is 0 Å². The van der Waals surface area contributed by atoms with E-state index < -0.39 is 11.4 Å². The quantitative estimate of drug-likeness (QED) is 0.364. The summed E-state index contributed by atoms with van der Waals surface area (Å²) in [7, 11) is 3.01. The van der Waals surface area contributed by atoms with Crippen LogP contribution in [0.25, 0.3) is 33.9 Å². The first kappa shape index (κ1) is 21.5. The zero-order valence-electron chi connectivity index (χ0n) is 18.3. The van der Waals surface area contributed by atoms with Gasteiger partial charge in [-0.05, 0) is 48.6 Å². The number of nitrogens with zero attached hydrogens (tertiary/aromatic N) is 3. The second-order valence-corrected chi connectivity index (χ2v) is 7.65. The van der Waals surface area contributed by atoms with Crippen LogP contribution in [-0.4, -0.2) is 33.4 Å². The van der Waals surface area contributed by atoms with Crippen LogP contribution in [-0.2, 0) is 0 Å². The van der Waals surface area contributed by atoms with Crippen molar-refractivity contribution in [2.45, 2.75) is 0 Å². The number of aromatic nitrogens is 3. The number of fused-ring (bicyclic) bond motifs is 1. The van der Waals surface area contributed by atoms with Crippen LogP contribution in [0.5, 0.6) is 17.4 Å². The molecule has 1 N–H and O–H groups in total. The topological polar surface area (TPSA) is 91.7 Å². The average Bonchev–Trinajstić information content (AvgIpc) is 3.28. The van der Waals surface area contributed by atoms with Crippen LogP contribution in [0.1, 0.15) is 0 Å².